The minimum absolute atomic E-state index is 0.0525. The Kier molecular flexibility index (Phi) is 3.62. The molecule has 0 bridgehead atoms. The summed E-state index contributed by atoms with van der Waals surface area (Å²) >= 11 is 1.58. The maximum Gasteiger partial charge on any atom is 0.255 e. The van der Waals surface area contributed by atoms with Crippen LogP contribution >= 0.6 is 11.3 Å². The zero-order valence-corrected chi connectivity index (χ0v) is 10.6. The van der Waals surface area contributed by atoms with Crippen molar-refractivity contribution >= 4 is 17.2 Å². The molecule has 1 aromatic carbocycles. The normalized spacial score (nSPS) is 10.3. The Morgan fingerprint density at radius 2 is 2.17 bits per heavy atom. The minimum Gasteiger partial charge on any atom is -0.507 e. The van der Waals surface area contributed by atoms with Crippen molar-refractivity contribution in [3.05, 3.63) is 51.5 Å². The number of phenolic OH excluding ortho intramolecular Hbond substituents is 1. The van der Waals surface area contributed by atoms with E-state index < -0.39 is 11.7 Å². The maximum atomic E-state index is 13.0. The third-order valence-corrected chi connectivity index (χ3v) is 3.42. The summed E-state index contributed by atoms with van der Waals surface area (Å²) in [5, 5.41) is 12.1. The Labute approximate surface area is 108 Å². The molecule has 94 valence electrons. The smallest absolute Gasteiger partial charge is 0.255 e. The van der Waals surface area contributed by atoms with E-state index in [2.05, 4.69) is 5.32 Å². The van der Waals surface area contributed by atoms with Gasteiger partial charge < -0.3 is 10.4 Å². The lowest BCUT2D eigenvalue weighted by atomic mass is 10.2. The van der Waals surface area contributed by atoms with Crippen LogP contribution in [0.3, 0.4) is 0 Å². The molecule has 2 rings (SSSR count). The number of rotatable bonds is 3. The highest BCUT2D eigenvalue weighted by atomic mass is 32.1. The Balaban J connectivity index is 2.05. The van der Waals surface area contributed by atoms with Crippen molar-refractivity contribution in [1.82, 2.24) is 5.32 Å². The van der Waals surface area contributed by atoms with Gasteiger partial charge in [-0.2, -0.15) is 0 Å². The molecule has 0 fully saturated rings. The topological polar surface area (TPSA) is 49.3 Å². The van der Waals surface area contributed by atoms with Gasteiger partial charge in [0.25, 0.3) is 5.91 Å². The molecule has 18 heavy (non-hydrogen) atoms. The predicted octanol–water partition coefficient (Wildman–Crippen LogP) is 2.83. The highest BCUT2D eigenvalue weighted by Crippen LogP contribution is 2.18. The SMILES string of the molecule is Cc1ccc(CNC(=O)c2cc(F)ccc2O)s1. The average molecular weight is 265 g/mol. The quantitative estimate of drug-likeness (QED) is 0.896. The number of aromatic hydroxyl groups is 1. The van der Waals surface area contributed by atoms with Gasteiger partial charge in [-0.3, -0.25) is 4.79 Å². The number of phenols is 1. The highest BCUT2D eigenvalue weighted by molar-refractivity contribution is 7.11. The lowest BCUT2D eigenvalue weighted by molar-refractivity contribution is 0.0948. The van der Waals surface area contributed by atoms with Crippen molar-refractivity contribution in [1.29, 1.82) is 0 Å². The molecule has 0 atom stereocenters. The van der Waals surface area contributed by atoms with Crippen LogP contribution in [0.25, 0.3) is 0 Å². The standard InChI is InChI=1S/C13H12FNO2S/c1-8-2-4-10(18-8)7-15-13(17)11-6-9(14)3-5-12(11)16/h2-6,16H,7H2,1H3,(H,15,17). The number of carbonyl (C=O) groups is 1. The lowest BCUT2D eigenvalue weighted by Gasteiger charge is -2.05. The van der Waals surface area contributed by atoms with Crippen molar-refractivity contribution in [3.63, 3.8) is 0 Å². The van der Waals surface area contributed by atoms with Crippen LogP contribution in [-0.4, -0.2) is 11.0 Å². The van der Waals surface area contributed by atoms with Crippen molar-refractivity contribution in [2.75, 3.05) is 0 Å². The van der Waals surface area contributed by atoms with Gasteiger partial charge in [0.15, 0.2) is 0 Å². The van der Waals surface area contributed by atoms with E-state index in [9.17, 15) is 14.3 Å². The molecule has 0 unspecified atom stereocenters. The van der Waals surface area contributed by atoms with E-state index in [-0.39, 0.29) is 11.3 Å². The second-order valence-corrected chi connectivity index (χ2v) is 5.23. The largest absolute Gasteiger partial charge is 0.507 e. The van der Waals surface area contributed by atoms with Gasteiger partial charge in [-0.1, -0.05) is 0 Å². The second-order valence-electron chi connectivity index (χ2n) is 3.86. The van der Waals surface area contributed by atoms with Crippen LogP contribution in [0.15, 0.2) is 30.3 Å². The number of amides is 1. The first-order chi connectivity index (χ1) is 8.56. The minimum atomic E-state index is -0.551. The van der Waals surface area contributed by atoms with Crippen LogP contribution in [-0.2, 0) is 6.54 Å². The first kappa shape index (κ1) is 12.6. The molecule has 3 nitrogen and oxygen atoms in total. The van der Waals surface area contributed by atoms with E-state index >= 15 is 0 Å². The van der Waals surface area contributed by atoms with Gasteiger partial charge in [0.05, 0.1) is 12.1 Å². The molecule has 0 radical (unpaired) electrons. The van der Waals surface area contributed by atoms with Crippen molar-refractivity contribution in [3.8, 4) is 5.75 Å². The van der Waals surface area contributed by atoms with Gasteiger partial charge >= 0.3 is 0 Å². The lowest BCUT2D eigenvalue weighted by Crippen LogP contribution is -2.22. The molecule has 0 aliphatic heterocycles. The zero-order chi connectivity index (χ0) is 13.1. The molecular weight excluding hydrogens is 253 g/mol. The molecule has 1 aromatic heterocycles. The average Bonchev–Trinajstić information content (AvgIpc) is 2.75. The number of benzene rings is 1. The van der Waals surface area contributed by atoms with Crippen LogP contribution in [0.2, 0.25) is 0 Å². The van der Waals surface area contributed by atoms with E-state index in [1.807, 2.05) is 19.1 Å². The summed E-state index contributed by atoms with van der Waals surface area (Å²) in [6.07, 6.45) is 0. The molecular formula is C13H12FNO2S. The number of aryl methyl sites for hydroxylation is 1. The van der Waals surface area contributed by atoms with Gasteiger partial charge in [0, 0.05) is 9.75 Å². The third-order valence-electron chi connectivity index (χ3n) is 2.42. The molecule has 0 saturated carbocycles. The summed E-state index contributed by atoms with van der Waals surface area (Å²) in [5.74, 6) is -1.26. The van der Waals surface area contributed by atoms with Crippen LogP contribution in [0, 0.1) is 12.7 Å². The van der Waals surface area contributed by atoms with Gasteiger partial charge in [0.1, 0.15) is 11.6 Å². The molecule has 5 heteroatoms. The number of nitrogens with one attached hydrogen (secondary N) is 1. The molecule has 2 aromatic rings. The summed E-state index contributed by atoms with van der Waals surface area (Å²) in [6.45, 7) is 2.35. The molecule has 0 saturated heterocycles. The number of hydrogen-bond acceptors (Lipinski definition) is 3. The van der Waals surface area contributed by atoms with Crippen LogP contribution in [0.4, 0.5) is 4.39 Å². The predicted molar refractivity (Wildman–Crippen MR) is 68.3 cm³/mol. The van der Waals surface area contributed by atoms with Crippen molar-refractivity contribution in [2.24, 2.45) is 0 Å². The summed E-state index contributed by atoms with van der Waals surface area (Å²) in [5.41, 5.74) is -0.0525. The Morgan fingerprint density at radius 3 is 2.83 bits per heavy atom. The van der Waals surface area contributed by atoms with Crippen LogP contribution in [0.1, 0.15) is 20.1 Å². The van der Waals surface area contributed by atoms with E-state index in [4.69, 9.17) is 0 Å². The van der Waals surface area contributed by atoms with Gasteiger partial charge in [0.2, 0.25) is 0 Å². The van der Waals surface area contributed by atoms with Gasteiger partial charge in [-0.25, -0.2) is 4.39 Å². The molecule has 1 heterocycles. The fourth-order valence-corrected chi connectivity index (χ4v) is 2.36. The molecule has 0 aliphatic carbocycles. The first-order valence-corrected chi connectivity index (χ1v) is 6.20. The number of hydrogen-bond donors (Lipinski definition) is 2. The first-order valence-electron chi connectivity index (χ1n) is 5.38. The molecule has 0 spiro atoms. The Morgan fingerprint density at radius 1 is 1.39 bits per heavy atom. The van der Waals surface area contributed by atoms with E-state index in [0.717, 1.165) is 21.9 Å². The number of thiophene rings is 1. The van der Waals surface area contributed by atoms with E-state index in [1.54, 1.807) is 11.3 Å². The van der Waals surface area contributed by atoms with Gasteiger partial charge in [-0.15, -0.1) is 11.3 Å². The second kappa shape index (κ2) is 5.18. The maximum absolute atomic E-state index is 13.0. The summed E-state index contributed by atoms with van der Waals surface area (Å²) < 4.78 is 13.0. The monoisotopic (exact) mass is 265 g/mol. The van der Waals surface area contributed by atoms with Crippen LogP contribution in [0.5, 0.6) is 5.75 Å². The number of carbonyl (C=O) groups excluding carboxylic acids is 1. The summed E-state index contributed by atoms with van der Waals surface area (Å²) in [4.78, 5) is 13.9. The summed E-state index contributed by atoms with van der Waals surface area (Å²) in [6, 6.07) is 7.18. The van der Waals surface area contributed by atoms with Crippen molar-refractivity contribution in [2.45, 2.75) is 13.5 Å². The van der Waals surface area contributed by atoms with Gasteiger partial charge in [-0.05, 0) is 37.3 Å². The highest BCUT2D eigenvalue weighted by Gasteiger charge is 2.12. The number of halogens is 1. The Hall–Kier alpha value is -1.88. The Bertz CT molecular complexity index is 580. The molecule has 1 amide bonds. The fraction of sp³-hybridized carbons (Fsp3) is 0.154. The third kappa shape index (κ3) is 2.87. The molecule has 0 aliphatic rings. The van der Waals surface area contributed by atoms with E-state index in [0.29, 0.717) is 6.54 Å². The zero-order valence-electron chi connectivity index (χ0n) is 9.74. The fourth-order valence-electron chi connectivity index (χ4n) is 1.53. The molecule has 2 N–H and O–H groups in total. The summed E-state index contributed by atoms with van der Waals surface area (Å²) in [7, 11) is 0. The van der Waals surface area contributed by atoms with E-state index in [1.165, 1.54) is 6.07 Å². The van der Waals surface area contributed by atoms with Crippen LogP contribution < -0.4 is 5.32 Å². The van der Waals surface area contributed by atoms with Crippen molar-refractivity contribution < 1.29 is 14.3 Å².